The number of oxazole rings is 1. The second-order valence-corrected chi connectivity index (χ2v) is 11.2. The van der Waals surface area contributed by atoms with Crippen LogP contribution in [0.5, 0.6) is 11.5 Å². The molecule has 3 aromatic rings. The Morgan fingerprint density at radius 3 is 2.43 bits per heavy atom. The van der Waals surface area contributed by atoms with E-state index in [4.69, 9.17) is 19.6 Å². The molecule has 1 aromatic heterocycles. The number of nitrogens with zero attached hydrogens (tertiary/aromatic N) is 1. The summed E-state index contributed by atoms with van der Waals surface area (Å²) in [6.07, 6.45) is 1.61. The number of carbonyl (C=O) groups excluding carboxylic acids is 3. The van der Waals surface area contributed by atoms with Crippen molar-refractivity contribution in [2.45, 2.75) is 57.8 Å². The van der Waals surface area contributed by atoms with Crippen LogP contribution in [0.1, 0.15) is 73.0 Å². The number of primary amides is 1. The number of halogens is 4. The highest BCUT2D eigenvalue weighted by atomic mass is 19.3. The van der Waals surface area contributed by atoms with Gasteiger partial charge in [-0.25, -0.2) is 18.6 Å². The molecule has 0 spiro atoms. The monoisotopic (exact) mass is 648 g/mol. The van der Waals surface area contributed by atoms with Crippen molar-refractivity contribution < 1.29 is 50.6 Å². The van der Waals surface area contributed by atoms with Gasteiger partial charge >= 0.3 is 12.7 Å². The van der Waals surface area contributed by atoms with Crippen LogP contribution in [-0.2, 0) is 9.53 Å². The summed E-state index contributed by atoms with van der Waals surface area (Å²) in [5.74, 6) is -3.10. The van der Waals surface area contributed by atoms with Gasteiger partial charge in [-0.15, -0.1) is 0 Å². The van der Waals surface area contributed by atoms with Gasteiger partial charge in [0.25, 0.3) is 5.91 Å². The van der Waals surface area contributed by atoms with E-state index >= 15 is 0 Å². The van der Waals surface area contributed by atoms with Gasteiger partial charge in [-0.1, -0.05) is 6.07 Å². The molecule has 3 amide bonds. The Balaban J connectivity index is 1.45. The topological polar surface area (TPSA) is 155 Å². The van der Waals surface area contributed by atoms with Gasteiger partial charge in [0.2, 0.25) is 11.8 Å². The minimum Gasteiger partial charge on any atom is -0.489 e. The molecule has 11 nitrogen and oxygen atoms in total. The Morgan fingerprint density at radius 2 is 1.78 bits per heavy atom. The first-order valence-corrected chi connectivity index (χ1v) is 14.7. The molecule has 2 atom stereocenters. The second kappa shape index (κ2) is 14.1. The van der Waals surface area contributed by atoms with Crippen LogP contribution in [0, 0.1) is 23.5 Å². The highest BCUT2D eigenvalue weighted by Gasteiger charge is 2.31. The van der Waals surface area contributed by atoms with E-state index in [2.05, 4.69) is 20.4 Å². The molecule has 1 heterocycles. The number of amides is 3. The van der Waals surface area contributed by atoms with Gasteiger partial charge < -0.3 is 35.0 Å². The Morgan fingerprint density at radius 1 is 1.04 bits per heavy atom. The van der Waals surface area contributed by atoms with Crippen molar-refractivity contribution in [2.75, 3.05) is 13.2 Å². The molecule has 1 unspecified atom stereocenters. The van der Waals surface area contributed by atoms with Crippen molar-refractivity contribution in [2.24, 2.45) is 17.6 Å². The van der Waals surface area contributed by atoms with Crippen molar-refractivity contribution in [3.63, 3.8) is 0 Å². The molecule has 0 radical (unpaired) electrons. The summed E-state index contributed by atoms with van der Waals surface area (Å²) in [6, 6.07) is 5.55. The molecular weight excluding hydrogens is 616 g/mol. The fraction of sp³-hybridized carbons (Fsp3) is 0.419. The zero-order valence-corrected chi connectivity index (χ0v) is 24.7. The molecular formula is C31H32F4N4O7. The zero-order valence-electron chi connectivity index (χ0n) is 24.7. The number of alkyl halides is 2. The Bertz CT molecular complexity index is 1590. The summed E-state index contributed by atoms with van der Waals surface area (Å²) >= 11 is 0. The first-order valence-electron chi connectivity index (χ1n) is 14.7. The number of nitrogens with two attached hydrogens (primary N) is 1. The van der Waals surface area contributed by atoms with Crippen LogP contribution in [0.25, 0.3) is 11.5 Å². The third-order valence-corrected chi connectivity index (χ3v) is 7.43. The van der Waals surface area contributed by atoms with Crippen molar-refractivity contribution in [1.29, 1.82) is 0 Å². The fourth-order valence-corrected chi connectivity index (χ4v) is 4.68. The first kappa shape index (κ1) is 32.6. The Hall–Kier alpha value is -4.82. The largest absolute Gasteiger partial charge is 0.489 e. The van der Waals surface area contributed by atoms with Crippen molar-refractivity contribution in [3.05, 3.63) is 65.1 Å². The maximum absolute atomic E-state index is 14.9. The minimum absolute atomic E-state index is 0.00864. The van der Waals surface area contributed by atoms with Gasteiger partial charge in [-0.2, -0.15) is 8.78 Å². The average Bonchev–Trinajstić information content (AvgIpc) is 3.93. The van der Waals surface area contributed by atoms with E-state index in [1.807, 2.05) is 0 Å². The van der Waals surface area contributed by atoms with Gasteiger partial charge in [0.15, 0.2) is 29.1 Å². The highest BCUT2D eigenvalue weighted by molar-refractivity contribution is 5.94. The number of benzene rings is 2. The van der Waals surface area contributed by atoms with Crippen molar-refractivity contribution in [1.82, 2.24) is 15.6 Å². The molecule has 5 rings (SSSR count). The van der Waals surface area contributed by atoms with Crippen LogP contribution >= 0.6 is 0 Å². The van der Waals surface area contributed by atoms with E-state index in [1.165, 1.54) is 25.1 Å². The van der Waals surface area contributed by atoms with Crippen molar-refractivity contribution in [3.8, 4) is 23.0 Å². The van der Waals surface area contributed by atoms with Gasteiger partial charge in [0, 0.05) is 30.2 Å². The molecule has 2 fully saturated rings. The number of ether oxygens (including phenoxy) is 3. The predicted octanol–water partition coefficient (Wildman–Crippen LogP) is 5.55. The van der Waals surface area contributed by atoms with E-state index in [1.54, 1.807) is 0 Å². The minimum atomic E-state index is -3.11. The maximum Gasteiger partial charge on any atom is 0.405 e. The molecule has 2 aliphatic rings. The lowest BCUT2D eigenvalue weighted by molar-refractivity contribution is -0.121. The van der Waals surface area contributed by atoms with E-state index in [0.717, 1.165) is 37.8 Å². The number of aromatic nitrogens is 1. The third kappa shape index (κ3) is 8.67. The van der Waals surface area contributed by atoms with Gasteiger partial charge in [0.05, 0.1) is 12.6 Å². The van der Waals surface area contributed by atoms with Crippen molar-refractivity contribution >= 4 is 17.9 Å². The van der Waals surface area contributed by atoms with Crippen LogP contribution in [0.15, 0.2) is 40.8 Å². The smallest absolute Gasteiger partial charge is 0.405 e. The average molecular weight is 649 g/mol. The normalized spacial score (nSPS) is 15.6. The SMILES string of the molecule is C[C@H](OC(N)=O)c1oc(-c2ccc(OC(F)F)c(OCC3CC3)c2)nc1C(=O)NC(CNC(=O)CC1CC1)c1ccc(F)cc1F. The lowest BCUT2D eigenvalue weighted by atomic mass is 10.0. The summed E-state index contributed by atoms with van der Waals surface area (Å²) in [6.45, 7) is -1.71. The van der Waals surface area contributed by atoms with Crippen LogP contribution < -0.4 is 25.8 Å². The molecule has 2 aromatic carbocycles. The van der Waals surface area contributed by atoms with Crippen LogP contribution in [-0.4, -0.2) is 42.7 Å². The quantitative estimate of drug-likeness (QED) is 0.181. The standard InChI is InChI=1S/C31H32F4N4O7/c1-15(44-31(36)42)27-26(39-29(46-27)18-6-9-23(45-30(34)35)24(11-18)43-14-17-4-5-17)28(41)38-22(13-37-25(40)10-16-2-3-16)20-8-7-19(32)12-21(20)33/h6-9,11-12,15-17,22,30H,2-5,10,13-14H2,1H3,(H2,36,42)(H,37,40)(H,38,41)/t15-,22?/m0/s1. The summed E-state index contributed by atoms with van der Waals surface area (Å²) in [4.78, 5) is 41.9. The summed E-state index contributed by atoms with van der Waals surface area (Å²) < 4.78 is 75.8. The first-order chi connectivity index (χ1) is 22.0. The lowest BCUT2D eigenvalue weighted by Gasteiger charge is -2.20. The Kier molecular flexibility index (Phi) is 9.97. The highest BCUT2D eigenvalue weighted by Crippen LogP contribution is 2.38. The van der Waals surface area contributed by atoms with E-state index in [-0.39, 0.29) is 77.3 Å². The molecule has 0 saturated heterocycles. The fourth-order valence-electron chi connectivity index (χ4n) is 4.68. The Labute approximate surface area is 260 Å². The summed E-state index contributed by atoms with van der Waals surface area (Å²) in [5.41, 5.74) is 4.89. The predicted molar refractivity (Wildman–Crippen MR) is 153 cm³/mol. The number of hydrogen-bond donors (Lipinski definition) is 3. The maximum atomic E-state index is 14.9. The lowest BCUT2D eigenvalue weighted by Crippen LogP contribution is -2.39. The van der Waals surface area contributed by atoms with E-state index in [0.29, 0.717) is 6.07 Å². The molecule has 15 heteroatoms. The van der Waals surface area contributed by atoms with Gasteiger partial charge in [-0.05, 0) is 68.7 Å². The number of nitrogens with one attached hydrogen (secondary N) is 2. The number of hydrogen-bond acceptors (Lipinski definition) is 8. The molecule has 46 heavy (non-hydrogen) atoms. The summed E-state index contributed by atoms with van der Waals surface area (Å²) in [5, 5.41) is 5.26. The van der Waals surface area contributed by atoms with Crippen LogP contribution in [0.3, 0.4) is 0 Å². The molecule has 4 N–H and O–H groups in total. The van der Waals surface area contributed by atoms with Crippen LogP contribution in [0.2, 0.25) is 0 Å². The van der Waals surface area contributed by atoms with E-state index in [9.17, 15) is 31.9 Å². The van der Waals surface area contributed by atoms with Gasteiger partial charge in [0.1, 0.15) is 11.6 Å². The molecule has 0 aliphatic heterocycles. The molecule has 2 aliphatic carbocycles. The number of rotatable bonds is 15. The van der Waals surface area contributed by atoms with Crippen LogP contribution in [0.4, 0.5) is 22.4 Å². The number of carbonyl (C=O) groups is 3. The third-order valence-electron chi connectivity index (χ3n) is 7.43. The zero-order chi connectivity index (χ0) is 33.0. The van der Waals surface area contributed by atoms with E-state index < -0.39 is 42.4 Å². The second-order valence-electron chi connectivity index (χ2n) is 11.2. The van der Waals surface area contributed by atoms with Gasteiger partial charge in [-0.3, -0.25) is 9.59 Å². The molecule has 2 saturated carbocycles. The molecule has 0 bridgehead atoms. The summed E-state index contributed by atoms with van der Waals surface area (Å²) in [7, 11) is 0. The molecule has 246 valence electrons.